The Morgan fingerprint density at radius 2 is 2.18 bits per heavy atom. The zero-order valence-electron chi connectivity index (χ0n) is 11.9. The number of hydrogen-bond acceptors (Lipinski definition) is 7. The fourth-order valence-electron chi connectivity index (χ4n) is 1.82. The van der Waals surface area contributed by atoms with Gasteiger partial charge in [0.05, 0.1) is 5.02 Å². The lowest BCUT2D eigenvalue weighted by Gasteiger charge is -2.02. The molecular formula is C14H12ClN3O3S. The second-order valence-electron chi connectivity index (χ2n) is 4.70. The van der Waals surface area contributed by atoms with Crippen molar-refractivity contribution in [3.63, 3.8) is 0 Å². The first kappa shape index (κ1) is 14.8. The molecule has 0 radical (unpaired) electrons. The Kier molecular flexibility index (Phi) is 4.00. The number of thiophene rings is 1. The molecule has 8 heteroatoms. The molecule has 1 aromatic carbocycles. The Bertz CT molecular complexity index is 828. The third-order valence-corrected chi connectivity index (χ3v) is 4.56. The van der Waals surface area contributed by atoms with Gasteiger partial charge in [0, 0.05) is 24.2 Å². The van der Waals surface area contributed by atoms with Gasteiger partial charge in [0.25, 0.3) is 11.8 Å². The number of aromatic nitrogens is 2. The van der Waals surface area contributed by atoms with Crippen molar-refractivity contribution in [2.75, 3.05) is 19.0 Å². The summed E-state index contributed by atoms with van der Waals surface area (Å²) < 4.78 is 11.1. The van der Waals surface area contributed by atoms with Crippen LogP contribution in [-0.2, 0) is 11.3 Å². The molecule has 0 aliphatic rings. The molecule has 0 aliphatic heterocycles. The van der Waals surface area contributed by atoms with Crippen molar-refractivity contribution in [3.05, 3.63) is 40.1 Å². The van der Waals surface area contributed by atoms with Crippen molar-refractivity contribution in [1.29, 1.82) is 0 Å². The van der Waals surface area contributed by atoms with Gasteiger partial charge in [0.2, 0.25) is 0 Å². The summed E-state index contributed by atoms with van der Waals surface area (Å²) in [5.74, 6) is 0.149. The lowest BCUT2D eigenvalue weighted by Crippen LogP contribution is -2.10. The Hall–Kier alpha value is -2.12. The number of benzene rings is 1. The quantitative estimate of drug-likeness (QED) is 0.680. The van der Waals surface area contributed by atoms with Crippen LogP contribution in [0.15, 0.2) is 28.8 Å². The average molecular weight is 338 g/mol. The standard InChI is InChI=1S/C14H12ClN3O3S/c1-18(2)14-16-10(21-17-14)7-20-13(19)12-11(15)8-5-3-4-6-9(8)22-12/h3-6H,7H2,1-2H3. The first-order valence-electron chi connectivity index (χ1n) is 6.40. The Morgan fingerprint density at radius 1 is 1.41 bits per heavy atom. The van der Waals surface area contributed by atoms with E-state index in [-0.39, 0.29) is 12.5 Å². The van der Waals surface area contributed by atoms with Crippen LogP contribution in [0, 0.1) is 0 Å². The SMILES string of the molecule is CN(C)c1noc(COC(=O)c2sc3ccccc3c2Cl)n1. The summed E-state index contributed by atoms with van der Waals surface area (Å²) in [7, 11) is 3.58. The van der Waals surface area contributed by atoms with E-state index >= 15 is 0 Å². The van der Waals surface area contributed by atoms with Crippen LogP contribution in [0.5, 0.6) is 0 Å². The van der Waals surface area contributed by atoms with Crippen molar-refractivity contribution < 1.29 is 14.1 Å². The lowest BCUT2D eigenvalue weighted by atomic mass is 10.2. The van der Waals surface area contributed by atoms with Gasteiger partial charge in [-0.15, -0.1) is 11.3 Å². The number of ether oxygens (including phenoxy) is 1. The number of fused-ring (bicyclic) bond motifs is 1. The first-order chi connectivity index (χ1) is 10.6. The molecule has 6 nitrogen and oxygen atoms in total. The third-order valence-electron chi connectivity index (χ3n) is 2.90. The van der Waals surface area contributed by atoms with Crippen LogP contribution in [0.25, 0.3) is 10.1 Å². The molecule has 0 fully saturated rings. The topological polar surface area (TPSA) is 68.5 Å². The van der Waals surface area contributed by atoms with E-state index in [0.29, 0.717) is 15.8 Å². The highest BCUT2D eigenvalue weighted by atomic mass is 35.5. The summed E-state index contributed by atoms with van der Waals surface area (Å²) >= 11 is 7.53. The van der Waals surface area contributed by atoms with Gasteiger partial charge in [0.15, 0.2) is 6.61 Å². The number of esters is 1. The van der Waals surface area contributed by atoms with Crippen molar-refractivity contribution in [1.82, 2.24) is 10.1 Å². The van der Waals surface area contributed by atoms with Gasteiger partial charge in [-0.2, -0.15) is 4.98 Å². The van der Waals surface area contributed by atoms with Crippen LogP contribution < -0.4 is 4.90 Å². The smallest absolute Gasteiger partial charge is 0.350 e. The highest BCUT2D eigenvalue weighted by Gasteiger charge is 2.19. The highest BCUT2D eigenvalue weighted by Crippen LogP contribution is 2.35. The fourth-order valence-corrected chi connectivity index (χ4v) is 3.23. The molecule has 2 heterocycles. The number of rotatable bonds is 4. The normalized spacial score (nSPS) is 10.9. The molecule has 3 rings (SSSR count). The van der Waals surface area contributed by atoms with Gasteiger partial charge >= 0.3 is 5.97 Å². The van der Waals surface area contributed by atoms with E-state index in [1.807, 2.05) is 24.3 Å². The minimum absolute atomic E-state index is 0.0930. The van der Waals surface area contributed by atoms with Crippen LogP contribution in [-0.4, -0.2) is 30.2 Å². The molecule has 0 saturated heterocycles. The number of halogens is 1. The lowest BCUT2D eigenvalue weighted by molar-refractivity contribution is 0.0436. The van der Waals surface area contributed by atoms with Gasteiger partial charge in [-0.05, 0) is 11.2 Å². The molecule has 0 N–H and O–H groups in total. The van der Waals surface area contributed by atoms with Crippen molar-refractivity contribution in [3.8, 4) is 0 Å². The van der Waals surface area contributed by atoms with Crippen molar-refractivity contribution >= 4 is 44.9 Å². The van der Waals surface area contributed by atoms with E-state index in [9.17, 15) is 4.79 Å². The molecular weight excluding hydrogens is 326 g/mol. The summed E-state index contributed by atoms with van der Waals surface area (Å²) in [6, 6.07) is 7.54. The zero-order valence-corrected chi connectivity index (χ0v) is 13.4. The molecule has 0 saturated carbocycles. The van der Waals surface area contributed by atoms with Crippen LogP contribution in [0.1, 0.15) is 15.6 Å². The van der Waals surface area contributed by atoms with E-state index in [4.69, 9.17) is 20.9 Å². The Labute approximate surface area is 135 Å². The van der Waals surface area contributed by atoms with Crippen LogP contribution in [0.3, 0.4) is 0 Å². The summed E-state index contributed by atoms with van der Waals surface area (Å²) in [5.41, 5.74) is 0. The van der Waals surface area contributed by atoms with Gasteiger partial charge in [-0.1, -0.05) is 29.8 Å². The molecule has 0 aliphatic carbocycles. The summed E-state index contributed by atoms with van der Waals surface area (Å²) in [5, 5.41) is 4.99. The molecule has 2 aromatic heterocycles. The second kappa shape index (κ2) is 5.94. The zero-order chi connectivity index (χ0) is 15.7. The maximum absolute atomic E-state index is 12.2. The van der Waals surface area contributed by atoms with Crippen LogP contribution in [0.4, 0.5) is 5.95 Å². The second-order valence-corrected chi connectivity index (χ2v) is 6.13. The summed E-state index contributed by atoms with van der Waals surface area (Å²) in [6.07, 6.45) is 0. The first-order valence-corrected chi connectivity index (χ1v) is 7.60. The Morgan fingerprint density at radius 3 is 2.86 bits per heavy atom. The largest absolute Gasteiger partial charge is 0.451 e. The van der Waals surface area contributed by atoms with Gasteiger partial charge in [0.1, 0.15) is 4.88 Å². The van der Waals surface area contributed by atoms with Crippen LogP contribution in [0.2, 0.25) is 5.02 Å². The average Bonchev–Trinajstić information content (AvgIpc) is 3.11. The molecule has 22 heavy (non-hydrogen) atoms. The van der Waals surface area contributed by atoms with Crippen LogP contribution >= 0.6 is 22.9 Å². The molecule has 0 spiro atoms. The number of carbonyl (C=O) groups is 1. The third kappa shape index (κ3) is 2.77. The van der Waals surface area contributed by atoms with E-state index in [1.54, 1.807) is 19.0 Å². The van der Waals surface area contributed by atoms with E-state index in [0.717, 1.165) is 10.1 Å². The molecule has 114 valence electrons. The minimum Gasteiger partial charge on any atom is -0.451 e. The van der Waals surface area contributed by atoms with Gasteiger partial charge in [-0.25, -0.2) is 4.79 Å². The minimum atomic E-state index is -0.504. The molecule has 3 aromatic rings. The molecule has 0 atom stereocenters. The fraction of sp³-hybridized carbons (Fsp3) is 0.214. The number of hydrogen-bond donors (Lipinski definition) is 0. The summed E-state index contributed by atoms with van der Waals surface area (Å²) in [6.45, 7) is -0.0930. The van der Waals surface area contributed by atoms with Crippen molar-refractivity contribution in [2.45, 2.75) is 6.61 Å². The monoisotopic (exact) mass is 337 g/mol. The van der Waals surface area contributed by atoms with E-state index in [2.05, 4.69) is 10.1 Å². The number of nitrogens with zero attached hydrogens (tertiary/aromatic N) is 3. The number of anilines is 1. The summed E-state index contributed by atoms with van der Waals surface area (Å²) in [4.78, 5) is 18.3. The predicted octanol–water partition coefficient (Wildman–Crippen LogP) is 3.36. The maximum Gasteiger partial charge on any atom is 0.350 e. The Balaban J connectivity index is 1.74. The van der Waals surface area contributed by atoms with Crippen molar-refractivity contribution in [2.24, 2.45) is 0 Å². The van der Waals surface area contributed by atoms with Gasteiger partial charge in [-0.3, -0.25) is 0 Å². The van der Waals surface area contributed by atoms with E-state index in [1.165, 1.54) is 11.3 Å². The molecule has 0 unspecified atom stereocenters. The van der Waals surface area contributed by atoms with E-state index < -0.39 is 5.97 Å². The maximum atomic E-state index is 12.2. The molecule has 0 amide bonds. The molecule has 0 bridgehead atoms. The highest BCUT2D eigenvalue weighted by molar-refractivity contribution is 7.21. The predicted molar refractivity (Wildman–Crippen MR) is 84.6 cm³/mol. The van der Waals surface area contributed by atoms with Gasteiger partial charge < -0.3 is 14.2 Å². The number of carbonyl (C=O) groups excluding carboxylic acids is 1.